The zero-order valence-corrected chi connectivity index (χ0v) is 19.8. The number of hydrogen-bond donors (Lipinski definition) is 2. The average molecular weight is 519 g/mol. The lowest BCUT2D eigenvalue weighted by molar-refractivity contribution is 0.0888. The standard InChI is InChI=1S/C22H34FN3O2.HI/c1-2-24-21(25-12-4-13-27-15-18-9-14-28-16-18)26-17-22(10-3-11-22)19-5-7-20(23)8-6-19;/h5-8,18H,2-4,9-17H2,1H3,(H2,24,25,26);1H. The molecule has 0 spiro atoms. The molecule has 0 amide bonds. The van der Waals surface area contributed by atoms with E-state index in [-0.39, 0.29) is 35.2 Å². The van der Waals surface area contributed by atoms with Gasteiger partial charge in [0.2, 0.25) is 0 Å². The van der Waals surface area contributed by atoms with Crippen molar-refractivity contribution in [3.63, 3.8) is 0 Å². The van der Waals surface area contributed by atoms with Crippen LogP contribution in [0.2, 0.25) is 0 Å². The Labute approximate surface area is 191 Å². The first-order valence-corrected chi connectivity index (χ1v) is 10.7. The molecule has 5 nitrogen and oxygen atoms in total. The minimum absolute atomic E-state index is 0. The summed E-state index contributed by atoms with van der Waals surface area (Å²) in [6.45, 7) is 7.72. The quantitative estimate of drug-likeness (QED) is 0.213. The number of benzene rings is 1. The molecule has 1 aromatic carbocycles. The van der Waals surface area contributed by atoms with Crippen LogP contribution in [-0.2, 0) is 14.9 Å². The fourth-order valence-electron chi connectivity index (χ4n) is 3.86. The van der Waals surface area contributed by atoms with E-state index in [4.69, 9.17) is 14.5 Å². The number of nitrogens with zero attached hydrogens (tertiary/aromatic N) is 1. The molecule has 1 saturated heterocycles. The largest absolute Gasteiger partial charge is 0.381 e. The summed E-state index contributed by atoms with van der Waals surface area (Å²) in [5, 5.41) is 6.73. The predicted octanol–water partition coefficient (Wildman–Crippen LogP) is 3.86. The number of guanidine groups is 1. The third-order valence-corrected chi connectivity index (χ3v) is 5.79. The summed E-state index contributed by atoms with van der Waals surface area (Å²) in [6, 6.07) is 6.94. The molecule has 29 heavy (non-hydrogen) atoms. The van der Waals surface area contributed by atoms with Crippen LogP contribution < -0.4 is 10.6 Å². The van der Waals surface area contributed by atoms with Gasteiger partial charge in [0.25, 0.3) is 0 Å². The number of halogens is 2. The second-order valence-electron chi connectivity index (χ2n) is 7.92. The fourth-order valence-corrected chi connectivity index (χ4v) is 3.86. The fraction of sp³-hybridized carbons (Fsp3) is 0.682. The van der Waals surface area contributed by atoms with Crippen molar-refractivity contribution in [2.45, 2.75) is 44.4 Å². The first-order chi connectivity index (χ1) is 13.7. The van der Waals surface area contributed by atoms with Crippen molar-refractivity contribution in [1.82, 2.24) is 10.6 Å². The zero-order valence-electron chi connectivity index (χ0n) is 17.4. The molecule has 3 rings (SSSR count). The smallest absolute Gasteiger partial charge is 0.191 e. The van der Waals surface area contributed by atoms with Gasteiger partial charge in [-0.3, -0.25) is 4.99 Å². The molecule has 164 valence electrons. The summed E-state index contributed by atoms with van der Waals surface area (Å²) in [5.74, 6) is 1.23. The van der Waals surface area contributed by atoms with Crippen LogP contribution in [0.1, 0.15) is 44.6 Å². The SMILES string of the molecule is CCNC(=NCC1(c2ccc(F)cc2)CCC1)NCCCOCC1CCOC1.I. The first kappa shape index (κ1) is 24.3. The Morgan fingerprint density at radius 3 is 2.69 bits per heavy atom. The van der Waals surface area contributed by atoms with Gasteiger partial charge in [-0.1, -0.05) is 18.6 Å². The highest BCUT2D eigenvalue weighted by molar-refractivity contribution is 14.0. The van der Waals surface area contributed by atoms with Crippen LogP contribution in [0.25, 0.3) is 0 Å². The van der Waals surface area contributed by atoms with Crippen LogP contribution in [0, 0.1) is 11.7 Å². The summed E-state index contributed by atoms with van der Waals surface area (Å²) < 4.78 is 24.4. The van der Waals surface area contributed by atoms with E-state index < -0.39 is 0 Å². The molecule has 2 N–H and O–H groups in total. The molecule has 2 aliphatic rings. The van der Waals surface area contributed by atoms with Crippen LogP contribution in [0.15, 0.2) is 29.3 Å². The molecule has 0 bridgehead atoms. The van der Waals surface area contributed by atoms with E-state index in [0.717, 1.165) is 77.7 Å². The van der Waals surface area contributed by atoms with Gasteiger partial charge in [0.15, 0.2) is 5.96 Å². The lowest BCUT2D eigenvalue weighted by Gasteiger charge is -2.41. The molecule has 1 atom stereocenters. The van der Waals surface area contributed by atoms with E-state index in [9.17, 15) is 4.39 Å². The number of nitrogens with one attached hydrogen (secondary N) is 2. The normalized spacial score (nSPS) is 20.6. The van der Waals surface area contributed by atoms with Crippen LogP contribution >= 0.6 is 24.0 Å². The molecule has 1 aliphatic heterocycles. The Hall–Kier alpha value is -0.930. The summed E-state index contributed by atoms with van der Waals surface area (Å²) in [4.78, 5) is 4.83. The van der Waals surface area contributed by atoms with Crippen molar-refractivity contribution < 1.29 is 13.9 Å². The molecular formula is C22H35FIN3O2. The second-order valence-corrected chi connectivity index (χ2v) is 7.92. The zero-order chi connectivity index (χ0) is 19.7. The number of hydrogen-bond acceptors (Lipinski definition) is 3. The van der Waals surface area contributed by atoms with E-state index in [2.05, 4.69) is 17.6 Å². The predicted molar refractivity (Wildman–Crippen MR) is 126 cm³/mol. The Morgan fingerprint density at radius 1 is 1.28 bits per heavy atom. The van der Waals surface area contributed by atoms with Gasteiger partial charge < -0.3 is 20.1 Å². The first-order valence-electron chi connectivity index (χ1n) is 10.7. The molecule has 1 aromatic rings. The molecule has 1 unspecified atom stereocenters. The maximum atomic E-state index is 13.3. The highest BCUT2D eigenvalue weighted by atomic mass is 127. The van der Waals surface area contributed by atoms with E-state index in [1.54, 1.807) is 12.1 Å². The van der Waals surface area contributed by atoms with E-state index >= 15 is 0 Å². The Bertz CT molecular complexity index is 617. The lowest BCUT2D eigenvalue weighted by atomic mass is 9.64. The van der Waals surface area contributed by atoms with Gasteiger partial charge in [0.1, 0.15) is 5.82 Å². The van der Waals surface area contributed by atoms with Gasteiger partial charge in [0.05, 0.1) is 19.8 Å². The van der Waals surface area contributed by atoms with E-state index in [1.165, 1.54) is 12.0 Å². The van der Waals surface area contributed by atoms with Gasteiger partial charge in [-0.2, -0.15) is 0 Å². The molecular weight excluding hydrogens is 484 g/mol. The Morgan fingerprint density at radius 2 is 2.07 bits per heavy atom. The summed E-state index contributed by atoms with van der Waals surface area (Å²) >= 11 is 0. The van der Waals surface area contributed by atoms with Crippen molar-refractivity contribution in [3.05, 3.63) is 35.6 Å². The van der Waals surface area contributed by atoms with Gasteiger partial charge in [-0.15, -0.1) is 24.0 Å². The van der Waals surface area contributed by atoms with Crippen molar-refractivity contribution in [1.29, 1.82) is 0 Å². The number of aliphatic imine (C=N–C) groups is 1. The maximum absolute atomic E-state index is 13.3. The molecule has 7 heteroatoms. The van der Waals surface area contributed by atoms with Crippen molar-refractivity contribution in [3.8, 4) is 0 Å². The van der Waals surface area contributed by atoms with Gasteiger partial charge >= 0.3 is 0 Å². The third kappa shape index (κ3) is 7.36. The van der Waals surface area contributed by atoms with Crippen LogP contribution in [0.4, 0.5) is 4.39 Å². The minimum Gasteiger partial charge on any atom is -0.381 e. The highest BCUT2D eigenvalue weighted by Gasteiger charge is 2.38. The van der Waals surface area contributed by atoms with E-state index in [1.807, 2.05) is 12.1 Å². The van der Waals surface area contributed by atoms with Gasteiger partial charge in [-0.25, -0.2) is 4.39 Å². The highest BCUT2D eigenvalue weighted by Crippen LogP contribution is 2.44. The van der Waals surface area contributed by atoms with Crippen LogP contribution in [-0.4, -0.2) is 52.0 Å². The summed E-state index contributed by atoms with van der Waals surface area (Å²) in [7, 11) is 0. The van der Waals surface area contributed by atoms with Crippen LogP contribution in [0.3, 0.4) is 0 Å². The lowest BCUT2D eigenvalue weighted by Crippen LogP contribution is -2.42. The maximum Gasteiger partial charge on any atom is 0.191 e. The molecule has 1 saturated carbocycles. The van der Waals surface area contributed by atoms with Crippen molar-refractivity contribution >= 4 is 29.9 Å². The molecule has 2 fully saturated rings. The monoisotopic (exact) mass is 519 g/mol. The number of ether oxygens (including phenoxy) is 2. The van der Waals surface area contributed by atoms with Crippen LogP contribution in [0.5, 0.6) is 0 Å². The topological polar surface area (TPSA) is 54.9 Å². The molecule has 1 heterocycles. The Balaban J connectivity index is 0.00000300. The Kier molecular flexibility index (Phi) is 10.7. The summed E-state index contributed by atoms with van der Waals surface area (Å²) in [5.41, 5.74) is 1.26. The summed E-state index contributed by atoms with van der Waals surface area (Å²) in [6.07, 6.45) is 5.49. The minimum atomic E-state index is -0.181. The third-order valence-electron chi connectivity index (χ3n) is 5.79. The second kappa shape index (κ2) is 12.7. The van der Waals surface area contributed by atoms with Crippen molar-refractivity contribution in [2.75, 3.05) is 46.1 Å². The molecule has 0 radical (unpaired) electrons. The molecule has 1 aliphatic carbocycles. The van der Waals surface area contributed by atoms with Gasteiger partial charge in [0, 0.05) is 37.6 Å². The van der Waals surface area contributed by atoms with Gasteiger partial charge in [-0.05, 0) is 50.3 Å². The van der Waals surface area contributed by atoms with E-state index in [0.29, 0.717) is 5.92 Å². The average Bonchev–Trinajstić information content (AvgIpc) is 3.18. The van der Waals surface area contributed by atoms with Crippen molar-refractivity contribution in [2.24, 2.45) is 10.9 Å². The number of rotatable bonds is 10. The molecule has 0 aromatic heterocycles.